The first-order valence-corrected chi connectivity index (χ1v) is 9.61. The van der Waals surface area contributed by atoms with E-state index in [1.165, 1.54) is 10.5 Å². The molecule has 1 heterocycles. The summed E-state index contributed by atoms with van der Waals surface area (Å²) in [5.74, 6) is 0. The summed E-state index contributed by atoms with van der Waals surface area (Å²) in [7, 11) is -3.38. The van der Waals surface area contributed by atoms with Gasteiger partial charge in [0.15, 0.2) is 0 Å². The van der Waals surface area contributed by atoms with Gasteiger partial charge < -0.3 is 10.0 Å². The highest BCUT2D eigenvalue weighted by atomic mass is 32.2. The lowest BCUT2D eigenvalue weighted by Gasteiger charge is -2.31. The Bertz CT molecular complexity index is 770. The highest BCUT2D eigenvalue weighted by molar-refractivity contribution is 7.89. The second kappa shape index (κ2) is 7.44. The summed E-state index contributed by atoms with van der Waals surface area (Å²) in [5.41, 5.74) is 2.09. The molecule has 1 saturated heterocycles. The molecule has 0 radical (unpaired) electrons. The quantitative estimate of drug-likeness (QED) is 0.816. The molecule has 0 aliphatic carbocycles. The van der Waals surface area contributed by atoms with Crippen LogP contribution < -0.4 is 4.90 Å². The van der Waals surface area contributed by atoms with E-state index in [1.807, 2.05) is 24.3 Å². The molecule has 0 saturated carbocycles. The summed E-state index contributed by atoms with van der Waals surface area (Å²) in [6.45, 7) is 3.54. The van der Waals surface area contributed by atoms with Crippen molar-refractivity contribution < 1.29 is 18.4 Å². The van der Waals surface area contributed by atoms with Crippen LogP contribution in [0.1, 0.15) is 11.1 Å². The standard InChI is InChI=1S/C18H22N2O3S/c21-15-17-6-4-5-16(13-17)14-19-9-11-20(12-10-19)24(22,23)18-7-2-1-3-8-18/h1-8,13,21H,9-12,14-15H2/p+1. The molecule has 2 aromatic carbocycles. The number of aliphatic hydroxyl groups is 1. The summed E-state index contributed by atoms with van der Waals surface area (Å²) in [6.07, 6.45) is 0. The van der Waals surface area contributed by atoms with Gasteiger partial charge in [0.2, 0.25) is 10.0 Å². The first kappa shape index (κ1) is 17.1. The van der Waals surface area contributed by atoms with Crippen LogP contribution in [-0.4, -0.2) is 44.0 Å². The summed E-state index contributed by atoms with van der Waals surface area (Å²) < 4.78 is 26.8. The van der Waals surface area contributed by atoms with Crippen molar-refractivity contribution in [2.75, 3.05) is 26.2 Å². The maximum atomic E-state index is 12.6. The van der Waals surface area contributed by atoms with E-state index in [9.17, 15) is 13.5 Å². The molecular formula is C18H23N2O3S+. The number of hydrogen-bond acceptors (Lipinski definition) is 3. The smallest absolute Gasteiger partial charge is 0.243 e. The third-order valence-corrected chi connectivity index (χ3v) is 6.35. The molecule has 2 N–H and O–H groups in total. The molecule has 24 heavy (non-hydrogen) atoms. The second-order valence-electron chi connectivity index (χ2n) is 6.12. The van der Waals surface area contributed by atoms with Gasteiger partial charge >= 0.3 is 0 Å². The number of sulfonamides is 1. The van der Waals surface area contributed by atoms with Gasteiger partial charge in [-0.05, 0) is 23.8 Å². The topological polar surface area (TPSA) is 62.0 Å². The first-order chi connectivity index (χ1) is 11.6. The molecule has 0 unspecified atom stereocenters. The van der Waals surface area contributed by atoms with Gasteiger partial charge in [0, 0.05) is 5.56 Å². The fourth-order valence-electron chi connectivity index (χ4n) is 3.09. The van der Waals surface area contributed by atoms with Crippen molar-refractivity contribution in [3.63, 3.8) is 0 Å². The van der Waals surface area contributed by atoms with E-state index in [1.54, 1.807) is 28.6 Å². The van der Waals surface area contributed by atoms with E-state index >= 15 is 0 Å². The Hall–Kier alpha value is -1.73. The number of quaternary nitrogens is 1. The zero-order valence-corrected chi connectivity index (χ0v) is 14.4. The number of nitrogens with zero attached hydrogens (tertiary/aromatic N) is 1. The number of piperazine rings is 1. The molecule has 2 aromatic rings. The predicted molar refractivity (Wildman–Crippen MR) is 92.0 cm³/mol. The lowest BCUT2D eigenvalue weighted by Crippen LogP contribution is -3.13. The Morgan fingerprint density at radius 1 is 0.958 bits per heavy atom. The summed E-state index contributed by atoms with van der Waals surface area (Å²) in [5, 5.41) is 9.22. The molecule has 6 heteroatoms. The zero-order valence-electron chi connectivity index (χ0n) is 13.6. The Balaban J connectivity index is 1.61. The van der Waals surface area contributed by atoms with E-state index in [-0.39, 0.29) is 6.61 Å². The van der Waals surface area contributed by atoms with Gasteiger partial charge in [0.05, 0.1) is 37.7 Å². The molecule has 1 aliphatic rings. The van der Waals surface area contributed by atoms with E-state index in [4.69, 9.17) is 0 Å². The van der Waals surface area contributed by atoms with Crippen molar-refractivity contribution >= 4 is 10.0 Å². The van der Waals surface area contributed by atoms with E-state index in [0.29, 0.717) is 18.0 Å². The highest BCUT2D eigenvalue weighted by Crippen LogP contribution is 2.14. The van der Waals surface area contributed by atoms with Crippen molar-refractivity contribution in [2.24, 2.45) is 0 Å². The highest BCUT2D eigenvalue weighted by Gasteiger charge is 2.30. The van der Waals surface area contributed by atoms with Gasteiger partial charge in [-0.2, -0.15) is 4.31 Å². The first-order valence-electron chi connectivity index (χ1n) is 8.17. The molecular weight excluding hydrogens is 324 g/mol. The maximum Gasteiger partial charge on any atom is 0.243 e. The Kier molecular flexibility index (Phi) is 5.30. The van der Waals surface area contributed by atoms with Gasteiger partial charge in [0.25, 0.3) is 0 Å². The van der Waals surface area contributed by atoms with Crippen LogP contribution in [0.25, 0.3) is 0 Å². The third-order valence-electron chi connectivity index (χ3n) is 4.44. The van der Waals surface area contributed by atoms with Gasteiger partial charge in [-0.15, -0.1) is 0 Å². The van der Waals surface area contributed by atoms with Gasteiger partial charge in [-0.1, -0.05) is 36.4 Å². The maximum absolute atomic E-state index is 12.6. The average Bonchev–Trinajstić information content (AvgIpc) is 2.63. The van der Waals surface area contributed by atoms with Gasteiger partial charge in [0.1, 0.15) is 6.54 Å². The Labute approximate surface area is 143 Å². The fraction of sp³-hybridized carbons (Fsp3) is 0.333. The molecule has 1 aliphatic heterocycles. The van der Waals surface area contributed by atoms with Crippen LogP contribution in [-0.2, 0) is 23.2 Å². The summed E-state index contributed by atoms with van der Waals surface area (Å²) in [6, 6.07) is 16.6. The molecule has 0 amide bonds. The van der Waals surface area contributed by atoms with Crippen molar-refractivity contribution in [1.29, 1.82) is 0 Å². The van der Waals surface area contributed by atoms with Crippen molar-refractivity contribution in [3.05, 3.63) is 65.7 Å². The van der Waals surface area contributed by atoms with E-state index in [0.717, 1.165) is 25.2 Å². The molecule has 1 fully saturated rings. The minimum atomic E-state index is -3.38. The minimum Gasteiger partial charge on any atom is -0.392 e. The monoisotopic (exact) mass is 347 g/mol. The zero-order chi connectivity index (χ0) is 17.0. The second-order valence-corrected chi connectivity index (χ2v) is 8.06. The number of nitrogens with one attached hydrogen (secondary N) is 1. The average molecular weight is 347 g/mol. The molecule has 0 bridgehead atoms. The molecule has 0 spiro atoms. The molecule has 0 aromatic heterocycles. The van der Waals surface area contributed by atoms with Crippen LogP contribution >= 0.6 is 0 Å². The van der Waals surface area contributed by atoms with Crippen molar-refractivity contribution in [3.8, 4) is 0 Å². The molecule has 3 rings (SSSR count). The number of benzene rings is 2. The molecule has 0 atom stereocenters. The number of rotatable bonds is 5. The number of aliphatic hydroxyl groups excluding tert-OH is 1. The third kappa shape index (κ3) is 3.84. The largest absolute Gasteiger partial charge is 0.392 e. The van der Waals surface area contributed by atoms with Gasteiger partial charge in [-0.25, -0.2) is 8.42 Å². The molecule has 5 nitrogen and oxygen atoms in total. The number of hydrogen-bond donors (Lipinski definition) is 2. The van der Waals surface area contributed by atoms with Gasteiger partial charge in [-0.3, -0.25) is 0 Å². The fourth-order valence-corrected chi connectivity index (χ4v) is 4.55. The van der Waals surface area contributed by atoms with Crippen LogP contribution in [0.4, 0.5) is 0 Å². The van der Waals surface area contributed by atoms with Crippen LogP contribution in [0.2, 0.25) is 0 Å². The minimum absolute atomic E-state index is 0.0479. The van der Waals surface area contributed by atoms with E-state index in [2.05, 4.69) is 6.07 Å². The SMILES string of the molecule is O=S(=O)(c1ccccc1)N1CC[NH+](Cc2cccc(CO)c2)CC1. The van der Waals surface area contributed by atoms with Crippen molar-refractivity contribution in [2.45, 2.75) is 18.0 Å². The molecule has 128 valence electrons. The lowest BCUT2D eigenvalue weighted by atomic mass is 10.1. The normalized spacial score (nSPS) is 17.0. The summed E-state index contributed by atoms with van der Waals surface area (Å²) >= 11 is 0. The van der Waals surface area contributed by atoms with Crippen LogP contribution in [0, 0.1) is 0 Å². The van der Waals surface area contributed by atoms with Crippen LogP contribution in [0.15, 0.2) is 59.5 Å². The summed E-state index contributed by atoms with van der Waals surface area (Å²) in [4.78, 5) is 1.73. The Morgan fingerprint density at radius 3 is 2.29 bits per heavy atom. The lowest BCUT2D eigenvalue weighted by molar-refractivity contribution is -0.917. The van der Waals surface area contributed by atoms with E-state index < -0.39 is 10.0 Å². The predicted octanol–water partition coefficient (Wildman–Crippen LogP) is 0.268. The van der Waals surface area contributed by atoms with Crippen LogP contribution in [0.5, 0.6) is 0 Å². The Morgan fingerprint density at radius 2 is 1.62 bits per heavy atom. The van der Waals surface area contributed by atoms with Crippen molar-refractivity contribution in [1.82, 2.24) is 4.31 Å². The van der Waals surface area contributed by atoms with Crippen LogP contribution in [0.3, 0.4) is 0 Å².